The number of hydrogen-bond donors (Lipinski definition) is 0. The summed E-state index contributed by atoms with van der Waals surface area (Å²) in [4.78, 5) is 25.3. The molecule has 2 rings (SSSR count). The number of esters is 2. The van der Waals surface area contributed by atoms with E-state index in [-0.39, 0.29) is 0 Å². The van der Waals surface area contributed by atoms with Gasteiger partial charge in [0.2, 0.25) is 6.29 Å². The van der Waals surface area contributed by atoms with Crippen molar-refractivity contribution in [3.05, 3.63) is 70.8 Å². The van der Waals surface area contributed by atoms with E-state index in [2.05, 4.69) is 27.7 Å². The van der Waals surface area contributed by atoms with Gasteiger partial charge in [0.15, 0.2) is 0 Å². The van der Waals surface area contributed by atoms with Crippen LogP contribution in [0.15, 0.2) is 48.5 Å². The molecule has 2 aromatic carbocycles. The first-order chi connectivity index (χ1) is 15.0. The van der Waals surface area contributed by atoms with E-state index in [9.17, 15) is 9.59 Å². The Kier molecular flexibility index (Phi) is 10.3. The fourth-order valence-corrected chi connectivity index (χ4v) is 3.33. The molecule has 0 saturated heterocycles. The van der Waals surface area contributed by atoms with Gasteiger partial charge in [0, 0.05) is 6.42 Å². The zero-order valence-corrected chi connectivity index (χ0v) is 19.4. The largest absolute Gasteiger partial charge is 0.422 e. The third-order valence-corrected chi connectivity index (χ3v) is 5.53. The van der Waals surface area contributed by atoms with Gasteiger partial charge in [0.1, 0.15) is 0 Å². The van der Waals surface area contributed by atoms with Gasteiger partial charge >= 0.3 is 11.9 Å². The number of hydrogen-bond acceptors (Lipinski definition) is 4. The lowest BCUT2D eigenvalue weighted by Gasteiger charge is -2.20. The predicted octanol–water partition coefficient (Wildman–Crippen LogP) is 6.76. The van der Waals surface area contributed by atoms with E-state index in [1.165, 1.54) is 11.1 Å². The van der Waals surface area contributed by atoms with E-state index in [0.29, 0.717) is 23.5 Å². The van der Waals surface area contributed by atoms with Crippen LogP contribution in [0.25, 0.3) is 0 Å². The lowest BCUT2D eigenvalue weighted by atomic mass is 10.0. The van der Waals surface area contributed by atoms with Crippen LogP contribution in [0.1, 0.15) is 91.6 Å². The van der Waals surface area contributed by atoms with Crippen LogP contribution in [0.3, 0.4) is 0 Å². The van der Waals surface area contributed by atoms with Crippen LogP contribution in [0.4, 0.5) is 0 Å². The average molecular weight is 425 g/mol. The van der Waals surface area contributed by atoms with Gasteiger partial charge in [-0.05, 0) is 60.6 Å². The Labute approximate surface area is 187 Å². The minimum atomic E-state index is -0.903. The van der Waals surface area contributed by atoms with Crippen molar-refractivity contribution in [3.8, 4) is 0 Å². The van der Waals surface area contributed by atoms with Crippen molar-refractivity contribution in [1.82, 2.24) is 0 Å². The first-order valence-electron chi connectivity index (χ1n) is 11.6. The fourth-order valence-electron chi connectivity index (χ4n) is 3.33. The van der Waals surface area contributed by atoms with Gasteiger partial charge in [-0.3, -0.25) is 0 Å². The third-order valence-electron chi connectivity index (χ3n) is 5.53. The summed E-state index contributed by atoms with van der Waals surface area (Å²) in [5.41, 5.74) is 3.30. The van der Waals surface area contributed by atoms with Crippen molar-refractivity contribution in [3.63, 3.8) is 0 Å². The molecule has 1 unspecified atom stereocenters. The Morgan fingerprint density at radius 2 is 1.13 bits per heavy atom. The van der Waals surface area contributed by atoms with E-state index in [0.717, 1.165) is 38.5 Å². The molecule has 2 aromatic rings. The summed E-state index contributed by atoms with van der Waals surface area (Å²) in [5, 5.41) is 0. The molecule has 0 N–H and O–H groups in total. The summed E-state index contributed by atoms with van der Waals surface area (Å²) in [6.07, 6.45) is 5.46. The minimum absolute atomic E-state index is 0.460. The highest BCUT2D eigenvalue weighted by atomic mass is 16.7. The molecule has 31 heavy (non-hydrogen) atoms. The van der Waals surface area contributed by atoms with Crippen LogP contribution in [0, 0.1) is 5.92 Å². The Hall–Kier alpha value is -2.62. The van der Waals surface area contributed by atoms with Gasteiger partial charge in [-0.1, -0.05) is 71.2 Å². The summed E-state index contributed by atoms with van der Waals surface area (Å²) < 4.78 is 11.2. The molecular weight excluding hydrogens is 388 g/mol. The van der Waals surface area contributed by atoms with Crippen LogP contribution in [0.5, 0.6) is 0 Å². The Bertz CT molecular complexity index is 745. The second-order valence-corrected chi connectivity index (χ2v) is 8.22. The van der Waals surface area contributed by atoms with Gasteiger partial charge in [-0.15, -0.1) is 0 Å². The second kappa shape index (κ2) is 12.9. The molecule has 168 valence electrons. The highest BCUT2D eigenvalue weighted by Crippen LogP contribution is 2.18. The molecule has 0 spiro atoms. The lowest BCUT2D eigenvalue weighted by molar-refractivity contribution is -0.0849. The average Bonchev–Trinajstić information content (AvgIpc) is 2.78. The van der Waals surface area contributed by atoms with E-state index in [4.69, 9.17) is 9.47 Å². The molecule has 4 heteroatoms. The van der Waals surface area contributed by atoms with E-state index in [1.54, 1.807) is 24.3 Å². The number of ether oxygens (including phenoxy) is 2. The maximum atomic E-state index is 12.7. The molecule has 4 nitrogen and oxygen atoms in total. The lowest BCUT2D eigenvalue weighted by Crippen LogP contribution is -2.25. The maximum Gasteiger partial charge on any atom is 0.341 e. The summed E-state index contributed by atoms with van der Waals surface area (Å²) in [5.74, 6) is -0.479. The van der Waals surface area contributed by atoms with Gasteiger partial charge in [-0.25, -0.2) is 9.59 Å². The van der Waals surface area contributed by atoms with Gasteiger partial charge in [0.25, 0.3) is 0 Å². The molecule has 0 saturated carbocycles. The van der Waals surface area contributed by atoms with E-state index in [1.807, 2.05) is 24.3 Å². The molecule has 0 heterocycles. The minimum Gasteiger partial charge on any atom is -0.422 e. The van der Waals surface area contributed by atoms with Crippen LogP contribution >= 0.6 is 0 Å². The highest BCUT2D eigenvalue weighted by molar-refractivity contribution is 5.91. The summed E-state index contributed by atoms with van der Waals surface area (Å²) >= 11 is 0. The Morgan fingerprint density at radius 3 is 1.48 bits per heavy atom. The SMILES string of the molecule is CCCc1ccc(C(=O)OC(CCC(C)CC)OC(=O)c2ccc(CCC)cc2)cc1. The summed E-state index contributed by atoms with van der Waals surface area (Å²) in [6.45, 7) is 8.50. The van der Waals surface area contributed by atoms with Crippen molar-refractivity contribution in [2.24, 2.45) is 5.92 Å². The van der Waals surface area contributed by atoms with Crippen molar-refractivity contribution in [1.29, 1.82) is 0 Å². The van der Waals surface area contributed by atoms with Crippen LogP contribution < -0.4 is 0 Å². The molecule has 0 aromatic heterocycles. The number of benzene rings is 2. The van der Waals surface area contributed by atoms with Gasteiger partial charge in [-0.2, -0.15) is 0 Å². The van der Waals surface area contributed by atoms with Crippen LogP contribution in [-0.4, -0.2) is 18.2 Å². The normalized spacial score (nSPS) is 11.9. The predicted molar refractivity (Wildman–Crippen MR) is 124 cm³/mol. The Balaban J connectivity index is 2.06. The zero-order valence-electron chi connectivity index (χ0n) is 19.4. The fraction of sp³-hybridized carbons (Fsp3) is 0.481. The van der Waals surface area contributed by atoms with E-state index >= 15 is 0 Å². The Morgan fingerprint density at radius 1 is 0.710 bits per heavy atom. The molecule has 0 fully saturated rings. The molecule has 0 radical (unpaired) electrons. The van der Waals surface area contributed by atoms with Crippen LogP contribution in [-0.2, 0) is 22.3 Å². The smallest absolute Gasteiger partial charge is 0.341 e. The van der Waals surface area contributed by atoms with Crippen LogP contribution in [0.2, 0.25) is 0 Å². The summed E-state index contributed by atoms with van der Waals surface area (Å²) in [6, 6.07) is 14.9. The second-order valence-electron chi connectivity index (χ2n) is 8.22. The molecule has 0 bridgehead atoms. The molecule has 1 atom stereocenters. The van der Waals surface area contributed by atoms with Crippen molar-refractivity contribution < 1.29 is 19.1 Å². The quantitative estimate of drug-likeness (QED) is 0.279. The summed E-state index contributed by atoms with van der Waals surface area (Å²) in [7, 11) is 0. The molecule has 0 aliphatic rings. The third kappa shape index (κ3) is 8.20. The topological polar surface area (TPSA) is 52.6 Å². The molecule has 0 aliphatic carbocycles. The van der Waals surface area contributed by atoms with Crippen molar-refractivity contribution in [2.75, 3.05) is 0 Å². The van der Waals surface area contributed by atoms with Gasteiger partial charge in [0.05, 0.1) is 11.1 Å². The number of carbonyl (C=O) groups is 2. The maximum absolute atomic E-state index is 12.7. The molecule has 0 amide bonds. The number of aryl methyl sites for hydroxylation is 2. The zero-order chi connectivity index (χ0) is 22.6. The number of carbonyl (C=O) groups excluding carboxylic acids is 2. The van der Waals surface area contributed by atoms with Crippen molar-refractivity contribution in [2.45, 2.75) is 78.9 Å². The molecular formula is C27H36O4. The standard InChI is InChI=1S/C27H36O4/c1-5-8-21-11-15-23(16-12-21)26(28)30-25(19-10-20(4)7-3)31-27(29)24-17-13-22(9-6-2)14-18-24/h11-18,20,25H,5-10,19H2,1-4H3. The first-order valence-corrected chi connectivity index (χ1v) is 11.6. The first kappa shape index (κ1) is 24.6. The highest BCUT2D eigenvalue weighted by Gasteiger charge is 2.22. The number of rotatable bonds is 12. The van der Waals surface area contributed by atoms with E-state index < -0.39 is 18.2 Å². The monoisotopic (exact) mass is 424 g/mol. The van der Waals surface area contributed by atoms with Gasteiger partial charge < -0.3 is 9.47 Å². The molecule has 0 aliphatic heterocycles. The van der Waals surface area contributed by atoms with Crippen molar-refractivity contribution >= 4 is 11.9 Å².